The van der Waals surface area contributed by atoms with Crippen molar-refractivity contribution in [1.82, 2.24) is 5.32 Å². The zero-order chi connectivity index (χ0) is 15.4. The highest BCUT2D eigenvalue weighted by atomic mass is 32.2. The molecule has 0 saturated carbocycles. The van der Waals surface area contributed by atoms with Gasteiger partial charge in [0, 0.05) is 4.90 Å². The number of aliphatic imine (C=N–C) groups is 1. The smallest absolute Gasteiger partial charge is 0.264 e. The molecule has 0 radical (unpaired) electrons. The summed E-state index contributed by atoms with van der Waals surface area (Å²) in [5, 5.41) is 3.41. The minimum absolute atomic E-state index is 0.103. The maximum absolute atomic E-state index is 12.0. The molecule has 0 spiro atoms. The van der Waals surface area contributed by atoms with Crippen LogP contribution < -0.4 is 5.32 Å². The predicted octanol–water partition coefficient (Wildman–Crippen LogP) is 4.30. The number of amidine groups is 1. The van der Waals surface area contributed by atoms with Gasteiger partial charge in [-0.1, -0.05) is 30.3 Å². The van der Waals surface area contributed by atoms with E-state index in [4.69, 9.17) is 0 Å². The summed E-state index contributed by atoms with van der Waals surface area (Å²) in [7, 11) is 0. The number of carbonyl (C=O) groups is 1. The van der Waals surface area contributed by atoms with Gasteiger partial charge >= 0.3 is 0 Å². The van der Waals surface area contributed by atoms with Crippen LogP contribution in [0.2, 0.25) is 0 Å². The number of carbonyl (C=O) groups excluding carboxylic acids is 1. The number of thioether (sulfide) groups is 2. The van der Waals surface area contributed by atoms with Crippen molar-refractivity contribution in [3.8, 4) is 0 Å². The largest absolute Gasteiger partial charge is 0.300 e. The molecule has 110 valence electrons. The standard InChI is InChI=1S/C17H14N2OS2/c1-21-14-9-7-12(8-10-14)11-15-16(20)19-17(22-15)18-13-5-3-2-4-6-13/h2-11H,1H3,(H,18,19,20)/b15-11+. The van der Waals surface area contributed by atoms with Crippen LogP contribution in [0.5, 0.6) is 0 Å². The van der Waals surface area contributed by atoms with Gasteiger partial charge in [0.15, 0.2) is 5.17 Å². The van der Waals surface area contributed by atoms with E-state index in [9.17, 15) is 4.79 Å². The Morgan fingerprint density at radius 3 is 2.50 bits per heavy atom. The van der Waals surface area contributed by atoms with E-state index in [0.29, 0.717) is 10.1 Å². The molecule has 0 unspecified atom stereocenters. The van der Waals surface area contributed by atoms with Gasteiger partial charge in [0.2, 0.25) is 0 Å². The minimum atomic E-state index is -0.103. The molecule has 0 atom stereocenters. The van der Waals surface area contributed by atoms with Crippen LogP contribution in [0.15, 0.2) is 69.4 Å². The highest BCUT2D eigenvalue weighted by molar-refractivity contribution is 8.18. The fraction of sp³-hybridized carbons (Fsp3) is 0.0588. The van der Waals surface area contributed by atoms with Crippen molar-refractivity contribution in [3.63, 3.8) is 0 Å². The molecule has 1 heterocycles. The van der Waals surface area contributed by atoms with Crippen molar-refractivity contribution in [2.45, 2.75) is 4.90 Å². The lowest BCUT2D eigenvalue weighted by Crippen LogP contribution is -2.19. The second-order valence-corrected chi connectivity index (χ2v) is 6.50. The Labute approximate surface area is 137 Å². The summed E-state index contributed by atoms with van der Waals surface area (Å²) >= 11 is 3.06. The van der Waals surface area contributed by atoms with Crippen molar-refractivity contribution in [2.24, 2.45) is 4.99 Å². The Kier molecular flexibility index (Phi) is 4.65. The van der Waals surface area contributed by atoms with Crippen LogP contribution in [0.4, 0.5) is 5.69 Å². The third-order valence-electron chi connectivity index (χ3n) is 3.05. The summed E-state index contributed by atoms with van der Waals surface area (Å²) in [6, 6.07) is 17.7. The molecule has 0 aliphatic carbocycles. The Morgan fingerprint density at radius 1 is 1.09 bits per heavy atom. The number of rotatable bonds is 3. The number of hydrogen-bond acceptors (Lipinski definition) is 4. The van der Waals surface area contributed by atoms with Gasteiger partial charge in [-0.2, -0.15) is 0 Å². The minimum Gasteiger partial charge on any atom is -0.300 e. The average Bonchev–Trinajstić information content (AvgIpc) is 2.88. The van der Waals surface area contributed by atoms with E-state index >= 15 is 0 Å². The predicted molar refractivity (Wildman–Crippen MR) is 95.5 cm³/mol. The highest BCUT2D eigenvalue weighted by Crippen LogP contribution is 2.28. The molecule has 1 saturated heterocycles. The lowest BCUT2D eigenvalue weighted by molar-refractivity contribution is -0.115. The van der Waals surface area contributed by atoms with Gasteiger partial charge in [0.25, 0.3) is 5.91 Å². The van der Waals surface area contributed by atoms with E-state index in [1.54, 1.807) is 11.8 Å². The maximum atomic E-state index is 12.0. The Morgan fingerprint density at radius 2 is 1.82 bits per heavy atom. The Hall–Kier alpha value is -1.98. The molecule has 1 aliphatic heterocycles. The summed E-state index contributed by atoms with van der Waals surface area (Å²) < 4.78 is 0. The molecule has 0 aromatic heterocycles. The molecule has 3 rings (SSSR count). The van der Waals surface area contributed by atoms with Crippen molar-refractivity contribution in [2.75, 3.05) is 6.26 Å². The van der Waals surface area contributed by atoms with E-state index < -0.39 is 0 Å². The van der Waals surface area contributed by atoms with E-state index in [-0.39, 0.29) is 5.91 Å². The number of hydrogen-bond donors (Lipinski definition) is 1. The second kappa shape index (κ2) is 6.85. The third kappa shape index (κ3) is 3.61. The topological polar surface area (TPSA) is 41.5 Å². The normalized spacial score (nSPS) is 18.0. The molecule has 1 amide bonds. The van der Waals surface area contributed by atoms with Gasteiger partial charge in [0.05, 0.1) is 10.6 Å². The molecule has 2 aromatic rings. The van der Waals surface area contributed by atoms with Gasteiger partial charge < -0.3 is 5.32 Å². The lowest BCUT2D eigenvalue weighted by atomic mass is 10.2. The zero-order valence-corrected chi connectivity index (χ0v) is 13.6. The molecule has 1 aliphatic rings. The van der Waals surface area contributed by atoms with Crippen LogP contribution in [-0.4, -0.2) is 17.3 Å². The van der Waals surface area contributed by atoms with E-state index in [1.807, 2.05) is 66.9 Å². The van der Waals surface area contributed by atoms with Crippen molar-refractivity contribution in [1.29, 1.82) is 0 Å². The average molecular weight is 326 g/mol. The first kappa shape index (κ1) is 14.9. The fourth-order valence-electron chi connectivity index (χ4n) is 1.95. The van der Waals surface area contributed by atoms with Crippen LogP contribution in [-0.2, 0) is 4.79 Å². The monoisotopic (exact) mass is 326 g/mol. The van der Waals surface area contributed by atoms with Crippen LogP contribution in [0.1, 0.15) is 5.56 Å². The summed E-state index contributed by atoms with van der Waals surface area (Å²) in [5.41, 5.74) is 1.84. The highest BCUT2D eigenvalue weighted by Gasteiger charge is 2.23. The molecule has 2 aromatic carbocycles. The number of nitrogens with zero attached hydrogens (tertiary/aromatic N) is 1. The molecule has 1 N–H and O–H groups in total. The number of para-hydroxylation sites is 1. The Balaban J connectivity index is 1.79. The molecule has 1 fully saturated rings. The van der Waals surface area contributed by atoms with Crippen LogP contribution in [0.25, 0.3) is 6.08 Å². The zero-order valence-electron chi connectivity index (χ0n) is 11.9. The summed E-state index contributed by atoms with van der Waals surface area (Å²) in [5.74, 6) is -0.103. The van der Waals surface area contributed by atoms with Crippen molar-refractivity contribution < 1.29 is 4.79 Å². The van der Waals surface area contributed by atoms with Crippen LogP contribution in [0.3, 0.4) is 0 Å². The van der Waals surface area contributed by atoms with E-state index in [0.717, 1.165) is 11.3 Å². The summed E-state index contributed by atoms with van der Waals surface area (Å²) in [4.78, 5) is 18.3. The summed E-state index contributed by atoms with van der Waals surface area (Å²) in [6.45, 7) is 0. The molecule has 0 bridgehead atoms. The third-order valence-corrected chi connectivity index (χ3v) is 4.70. The molecular weight excluding hydrogens is 312 g/mol. The van der Waals surface area contributed by atoms with Crippen molar-refractivity contribution >= 4 is 46.4 Å². The van der Waals surface area contributed by atoms with Crippen molar-refractivity contribution in [3.05, 3.63) is 65.1 Å². The first-order valence-electron chi connectivity index (χ1n) is 6.73. The Bertz CT molecular complexity index is 737. The fourth-order valence-corrected chi connectivity index (χ4v) is 3.20. The van der Waals surface area contributed by atoms with Crippen LogP contribution >= 0.6 is 23.5 Å². The lowest BCUT2D eigenvalue weighted by Gasteiger charge is -1.97. The number of benzene rings is 2. The molecular formula is C17H14N2OS2. The molecule has 3 nitrogen and oxygen atoms in total. The molecule has 5 heteroatoms. The molecule has 22 heavy (non-hydrogen) atoms. The SMILES string of the molecule is CSc1ccc(/C=C2/SC(=Nc3ccccc3)NC2=O)cc1. The van der Waals surface area contributed by atoms with Gasteiger partial charge in [-0.25, -0.2) is 4.99 Å². The maximum Gasteiger partial charge on any atom is 0.264 e. The van der Waals surface area contributed by atoms with E-state index in [1.165, 1.54) is 16.7 Å². The first-order valence-corrected chi connectivity index (χ1v) is 8.77. The van der Waals surface area contributed by atoms with Crippen LogP contribution in [0, 0.1) is 0 Å². The summed E-state index contributed by atoms with van der Waals surface area (Å²) in [6.07, 6.45) is 3.93. The van der Waals surface area contributed by atoms with Gasteiger partial charge in [0.1, 0.15) is 0 Å². The van der Waals surface area contributed by atoms with E-state index in [2.05, 4.69) is 10.3 Å². The first-order chi connectivity index (χ1) is 10.7. The number of amides is 1. The number of nitrogens with one attached hydrogen (secondary N) is 1. The quantitative estimate of drug-likeness (QED) is 0.675. The van der Waals surface area contributed by atoms with Gasteiger partial charge in [-0.05, 0) is 53.9 Å². The second-order valence-electron chi connectivity index (χ2n) is 4.59. The van der Waals surface area contributed by atoms with Gasteiger partial charge in [-0.3, -0.25) is 4.79 Å². The van der Waals surface area contributed by atoms with Gasteiger partial charge in [-0.15, -0.1) is 11.8 Å².